The SMILES string of the molecule is CC1CCN(C(CN=C(N)N2CCOCC2)c2cccs2)CC1.I. The molecule has 2 aliphatic rings. The standard InChI is InChI=1S/C17H28N4OS.HI/c1-14-4-6-20(7-5-14)15(16-3-2-12-23-16)13-19-17(18)21-8-10-22-11-9-21;/h2-3,12,14-15H,4-11,13H2,1H3,(H2,18,19);1H. The average Bonchev–Trinajstić information content (AvgIpc) is 3.11. The number of piperidine rings is 1. The maximum Gasteiger partial charge on any atom is 0.191 e. The highest BCUT2D eigenvalue weighted by atomic mass is 127. The van der Waals surface area contributed by atoms with Gasteiger partial charge in [0.05, 0.1) is 25.8 Å². The second kappa shape index (κ2) is 9.94. The van der Waals surface area contributed by atoms with Crippen LogP contribution < -0.4 is 5.73 Å². The van der Waals surface area contributed by atoms with Crippen molar-refractivity contribution in [1.82, 2.24) is 9.80 Å². The van der Waals surface area contributed by atoms with Crippen LogP contribution in [0.2, 0.25) is 0 Å². The number of ether oxygens (including phenoxy) is 1. The van der Waals surface area contributed by atoms with Gasteiger partial charge in [0, 0.05) is 18.0 Å². The zero-order valence-corrected chi connectivity index (χ0v) is 17.5. The molecule has 2 fully saturated rings. The number of morpholine rings is 1. The third-order valence-electron chi connectivity index (χ3n) is 4.89. The van der Waals surface area contributed by atoms with Crippen LogP contribution >= 0.6 is 35.3 Å². The summed E-state index contributed by atoms with van der Waals surface area (Å²) in [5.41, 5.74) is 6.21. The topological polar surface area (TPSA) is 54.1 Å². The lowest BCUT2D eigenvalue weighted by Crippen LogP contribution is -2.45. The molecule has 7 heteroatoms. The van der Waals surface area contributed by atoms with Crippen molar-refractivity contribution < 1.29 is 4.74 Å². The quantitative estimate of drug-likeness (QED) is 0.423. The van der Waals surface area contributed by atoms with Gasteiger partial charge >= 0.3 is 0 Å². The summed E-state index contributed by atoms with van der Waals surface area (Å²) in [5.74, 6) is 1.51. The van der Waals surface area contributed by atoms with Gasteiger partial charge in [0.25, 0.3) is 0 Å². The Kier molecular flexibility index (Phi) is 8.25. The molecule has 2 aliphatic heterocycles. The van der Waals surface area contributed by atoms with Crippen LogP contribution in [0.3, 0.4) is 0 Å². The number of guanidine groups is 1. The summed E-state index contributed by atoms with van der Waals surface area (Å²) in [6.07, 6.45) is 2.56. The minimum Gasteiger partial charge on any atom is -0.378 e. The minimum absolute atomic E-state index is 0. The highest BCUT2D eigenvalue weighted by Gasteiger charge is 2.25. The number of halogens is 1. The third-order valence-corrected chi connectivity index (χ3v) is 5.87. The Bertz CT molecular complexity index is 497. The number of aliphatic imine (C=N–C) groups is 1. The largest absolute Gasteiger partial charge is 0.378 e. The Labute approximate surface area is 166 Å². The van der Waals surface area contributed by atoms with E-state index in [-0.39, 0.29) is 24.0 Å². The smallest absolute Gasteiger partial charge is 0.191 e. The maximum absolute atomic E-state index is 6.21. The summed E-state index contributed by atoms with van der Waals surface area (Å²) < 4.78 is 5.38. The predicted octanol–water partition coefficient (Wildman–Crippen LogP) is 2.79. The van der Waals surface area contributed by atoms with Crippen LogP contribution in [-0.4, -0.2) is 61.7 Å². The molecule has 0 amide bonds. The highest BCUT2D eigenvalue weighted by molar-refractivity contribution is 14.0. The van der Waals surface area contributed by atoms with E-state index < -0.39 is 0 Å². The minimum atomic E-state index is 0. The number of likely N-dealkylation sites (tertiary alicyclic amines) is 1. The lowest BCUT2D eigenvalue weighted by atomic mass is 9.97. The van der Waals surface area contributed by atoms with E-state index in [1.165, 1.54) is 17.7 Å². The van der Waals surface area contributed by atoms with E-state index in [4.69, 9.17) is 15.5 Å². The van der Waals surface area contributed by atoms with Gasteiger partial charge in [-0.25, -0.2) is 0 Å². The summed E-state index contributed by atoms with van der Waals surface area (Å²) >= 11 is 1.83. The first-order valence-electron chi connectivity index (χ1n) is 8.64. The molecule has 0 bridgehead atoms. The Morgan fingerprint density at radius 2 is 2.04 bits per heavy atom. The van der Waals surface area contributed by atoms with Gasteiger partial charge in [-0.2, -0.15) is 0 Å². The maximum atomic E-state index is 6.21. The Morgan fingerprint density at radius 3 is 2.67 bits per heavy atom. The molecule has 0 aliphatic carbocycles. The number of hydrogen-bond donors (Lipinski definition) is 1. The molecule has 1 aromatic heterocycles. The van der Waals surface area contributed by atoms with Crippen molar-refractivity contribution in [2.75, 3.05) is 45.9 Å². The average molecular weight is 464 g/mol. The zero-order chi connectivity index (χ0) is 16.1. The number of thiophene rings is 1. The Hall–Kier alpha value is -0.380. The Morgan fingerprint density at radius 1 is 1.33 bits per heavy atom. The summed E-state index contributed by atoms with van der Waals surface area (Å²) in [4.78, 5) is 10.8. The fourth-order valence-corrected chi connectivity index (χ4v) is 4.13. The van der Waals surface area contributed by atoms with Crippen LogP contribution in [0, 0.1) is 5.92 Å². The van der Waals surface area contributed by atoms with Gasteiger partial charge in [0.1, 0.15) is 0 Å². The number of nitrogens with zero attached hydrogens (tertiary/aromatic N) is 3. The van der Waals surface area contributed by atoms with Crippen LogP contribution in [0.1, 0.15) is 30.7 Å². The normalized spacial score (nSPS) is 22.2. The second-order valence-electron chi connectivity index (χ2n) is 6.55. The second-order valence-corrected chi connectivity index (χ2v) is 7.53. The van der Waals surface area contributed by atoms with Crippen LogP contribution in [0.5, 0.6) is 0 Å². The van der Waals surface area contributed by atoms with E-state index in [0.29, 0.717) is 12.0 Å². The number of rotatable bonds is 4. The molecule has 2 N–H and O–H groups in total. The molecule has 0 aromatic carbocycles. The van der Waals surface area contributed by atoms with Crippen molar-refractivity contribution in [3.63, 3.8) is 0 Å². The van der Waals surface area contributed by atoms with Gasteiger partial charge < -0.3 is 15.4 Å². The molecule has 0 saturated carbocycles. The van der Waals surface area contributed by atoms with Gasteiger partial charge in [-0.15, -0.1) is 35.3 Å². The molecule has 24 heavy (non-hydrogen) atoms. The fourth-order valence-electron chi connectivity index (χ4n) is 3.28. The molecule has 3 rings (SSSR count). The molecule has 5 nitrogen and oxygen atoms in total. The lowest BCUT2D eigenvalue weighted by molar-refractivity contribution is 0.0672. The van der Waals surface area contributed by atoms with Crippen molar-refractivity contribution in [2.24, 2.45) is 16.6 Å². The van der Waals surface area contributed by atoms with Crippen LogP contribution in [0.25, 0.3) is 0 Å². The first kappa shape index (κ1) is 19.9. The lowest BCUT2D eigenvalue weighted by Gasteiger charge is -2.36. The summed E-state index contributed by atoms with van der Waals surface area (Å²) in [7, 11) is 0. The molecular formula is C17H29IN4OS. The molecule has 0 spiro atoms. The molecule has 1 unspecified atom stereocenters. The first-order chi connectivity index (χ1) is 11.2. The van der Waals surface area contributed by atoms with Crippen molar-refractivity contribution in [1.29, 1.82) is 0 Å². The number of hydrogen-bond acceptors (Lipinski definition) is 4. The monoisotopic (exact) mass is 464 g/mol. The van der Waals surface area contributed by atoms with Gasteiger partial charge in [-0.3, -0.25) is 9.89 Å². The van der Waals surface area contributed by atoms with E-state index in [2.05, 4.69) is 34.2 Å². The van der Waals surface area contributed by atoms with E-state index in [0.717, 1.165) is 51.9 Å². The molecule has 2 saturated heterocycles. The van der Waals surface area contributed by atoms with Crippen LogP contribution in [0.4, 0.5) is 0 Å². The fraction of sp³-hybridized carbons (Fsp3) is 0.706. The molecule has 0 radical (unpaired) electrons. The van der Waals surface area contributed by atoms with Crippen molar-refractivity contribution in [2.45, 2.75) is 25.8 Å². The van der Waals surface area contributed by atoms with Crippen molar-refractivity contribution >= 4 is 41.3 Å². The zero-order valence-electron chi connectivity index (χ0n) is 14.4. The van der Waals surface area contributed by atoms with Gasteiger partial charge in [0.2, 0.25) is 0 Å². The molecule has 3 heterocycles. The van der Waals surface area contributed by atoms with Crippen molar-refractivity contribution in [3.05, 3.63) is 22.4 Å². The van der Waals surface area contributed by atoms with Gasteiger partial charge in [-0.1, -0.05) is 13.0 Å². The van der Waals surface area contributed by atoms with Gasteiger partial charge in [0.15, 0.2) is 5.96 Å². The van der Waals surface area contributed by atoms with E-state index >= 15 is 0 Å². The predicted molar refractivity (Wildman–Crippen MR) is 111 cm³/mol. The highest BCUT2D eigenvalue weighted by Crippen LogP contribution is 2.29. The molecule has 136 valence electrons. The van der Waals surface area contributed by atoms with Crippen LogP contribution in [-0.2, 0) is 4.74 Å². The Balaban J connectivity index is 0.00000208. The number of nitrogens with two attached hydrogens (primary N) is 1. The summed E-state index contributed by atoms with van der Waals surface area (Å²) in [6, 6.07) is 4.73. The van der Waals surface area contributed by atoms with Crippen molar-refractivity contribution in [3.8, 4) is 0 Å². The summed E-state index contributed by atoms with van der Waals surface area (Å²) in [5, 5.41) is 2.16. The third kappa shape index (κ3) is 5.31. The summed E-state index contributed by atoms with van der Waals surface area (Å²) in [6.45, 7) is 8.61. The van der Waals surface area contributed by atoms with Crippen LogP contribution in [0.15, 0.2) is 22.5 Å². The molecular weight excluding hydrogens is 435 g/mol. The van der Waals surface area contributed by atoms with Gasteiger partial charge in [-0.05, 0) is 43.3 Å². The van der Waals surface area contributed by atoms with E-state index in [1.807, 2.05) is 11.3 Å². The molecule has 1 aromatic rings. The first-order valence-corrected chi connectivity index (χ1v) is 9.52. The van der Waals surface area contributed by atoms with E-state index in [1.54, 1.807) is 0 Å². The molecule has 1 atom stereocenters. The van der Waals surface area contributed by atoms with E-state index in [9.17, 15) is 0 Å².